The number of piperazine rings is 1. The second-order valence-electron chi connectivity index (χ2n) is 5.52. The third-order valence-electron chi connectivity index (χ3n) is 4.20. The van der Waals surface area contributed by atoms with E-state index in [2.05, 4.69) is 16.8 Å². The number of carbonyl (C=O) groups is 1. The van der Waals surface area contributed by atoms with Gasteiger partial charge in [-0.05, 0) is 19.9 Å². The summed E-state index contributed by atoms with van der Waals surface area (Å²) in [7, 11) is 2.14. The summed E-state index contributed by atoms with van der Waals surface area (Å²) in [6, 6.07) is 0.229. The van der Waals surface area contributed by atoms with Gasteiger partial charge in [0.1, 0.15) is 0 Å². The molecule has 5 nitrogen and oxygen atoms in total. The average molecular weight is 254 g/mol. The first-order valence-corrected chi connectivity index (χ1v) is 7.11. The molecule has 0 aliphatic carbocycles. The standard InChI is InChI=1S/C13H26N4O/c1-15-6-8-16(9-7-15)12(11-14)10-13(18)17-4-2-3-5-17/h12H,2-11,14H2,1H3. The van der Waals surface area contributed by atoms with Gasteiger partial charge in [0.15, 0.2) is 0 Å². The predicted molar refractivity (Wildman–Crippen MR) is 72.3 cm³/mol. The average Bonchev–Trinajstić information content (AvgIpc) is 2.91. The zero-order chi connectivity index (χ0) is 13.0. The van der Waals surface area contributed by atoms with Crippen molar-refractivity contribution >= 4 is 5.91 Å². The Morgan fingerprint density at radius 1 is 1.11 bits per heavy atom. The van der Waals surface area contributed by atoms with Crippen LogP contribution in [0, 0.1) is 0 Å². The molecule has 0 aromatic heterocycles. The number of hydrogen-bond acceptors (Lipinski definition) is 4. The van der Waals surface area contributed by atoms with Crippen molar-refractivity contribution in [2.75, 3.05) is 52.9 Å². The van der Waals surface area contributed by atoms with Crippen LogP contribution in [0.1, 0.15) is 19.3 Å². The Morgan fingerprint density at radius 2 is 1.72 bits per heavy atom. The van der Waals surface area contributed by atoms with Gasteiger partial charge in [-0.25, -0.2) is 0 Å². The van der Waals surface area contributed by atoms with Gasteiger partial charge < -0.3 is 15.5 Å². The van der Waals surface area contributed by atoms with Crippen molar-refractivity contribution in [3.8, 4) is 0 Å². The van der Waals surface area contributed by atoms with E-state index in [1.165, 1.54) is 0 Å². The molecule has 0 radical (unpaired) electrons. The number of hydrogen-bond donors (Lipinski definition) is 1. The van der Waals surface area contributed by atoms with Gasteiger partial charge in [0.25, 0.3) is 0 Å². The second-order valence-corrected chi connectivity index (χ2v) is 5.52. The van der Waals surface area contributed by atoms with E-state index >= 15 is 0 Å². The SMILES string of the molecule is CN1CCN(C(CN)CC(=O)N2CCCC2)CC1. The fourth-order valence-corrected chi connectivity index (χ4v) is 2.85. The van der Waals surface area contributed by atoms with E-state index in [9.17, 15) is 4.79 Å². The highest BCUT2D eigenvalue weighted by Gasteiger charge is 2.26. The molecular formula is C13H26N4O. The third kappa shape index (κ3) is 3.43. The molecule has 0 bridgehead atoms. The molecule has 2 rings (SSSR count). The highest BCUT2D eigenvalue weighted by Crippen LogP contribution is 2.13. The molecule has 5 heteroatoms. The molecule has 2 N–H and O–H groups in total. The number of rotatable bonds is 4. The molecule has 2 heterocycles. The Balaban J connectivity index is 1.82. The summed E-state index contributed by atoms with van der Waals surface area (Å²) < 4.78 is 0. The summed E-state index contributed by atoms with van der Waals surface area (Å²) >= 11 is 0. The minimum atomic E-state index is 0.229. The lowest BCUT2D eigenvalue weighted by molar-refractivity contribution is -0.131. The summed E-state index contributed by atoms with van der Waals surface area (Å²) in [5.41, 5.74) is 5.86. The van der Waals surface area contributed by atoms with Crippen molar-refractivity contribution < 1.29 is 4.79 Å². The van der Waals surface area contributed by atoms with Gasteiger partial charge in [-0.15, -0.1) is 0 Å². The van der Waals surface area contributed by atoms with Crippen LogP contribution < -0.4 is 5.73 Å². The van der Waals surface area contributed by atoms with E-state index in [0.29, 0.717) is 18.9 Å². The molecule has 104 valence electrons. The lowest BCUT2D eigenvalue weighted by Gasteiger charge is -2.37. The van der Waals surface area contributed by atoms with Gasteiger partial charge in [-0.1, -0.05) is 0 Å². The van der Waals surface area contributed by atoms with Crippen molar-refractivity contribution in [2.45, 2.75) is 25.3 Å². The van der Waals surface area contributed by atoms with E-state index in [1.807, 2.05) is 4.90 Å². The molecule has 1 amide bonds. The van der Waals surface area contributed by atoms with E-state index in [-0.39, 0.29) is 6.04 Å². The van der Waals surface area contributed by atoms with E-state index in [4.69, 9.17) is 5.73 Å². The number of amides is 1. The Kier molecular flexibility index (Phi) is 4.97. The van der Waals surface area contributed by atoms with Crippen LogP contribution in [0.25, 0.3) is 0 Å². The van der Waals surface area contributed by atoms with Gasteiger partial charge in [0, 0.05) is 58.3 Å². The number of likely N-dealkylation sites (N-methyl/N-ethyl adjacent to an activating group) is 1. The third-order valence-corrected chi connectivity index (χ3v) is 4.20. The van der Waals surface area contributed by atoms with E-state index in [0.717, 1.165) is 52.1 Å². The van der Waals surface area contributed by atoms with Crippen LogP contribution in [0.15, 0.2) is 0 Å². The summed E-state index contributed by atoms with van der Waals surface area (Å²) in [4.78, 5) is 18.9. The minimum absolute atomic E-state index is 0.229. The number of carbonyl (C=O) groups excluding carboxylic acids is 1. The quantitative estimate of drug-likeness (QED) is 0.740. The van der Waals surface area contributed by atoms with Crippen molar-refractivity contribution in [1.29, 1.82) is 0 Å². The van der Waals surface area contributed by atoms with Crippen LogP contribution in [-0.2, 0) is 4.79 Å². The number of likely N-dealkylation sites (tertiary alicyclic amines) is 1. The maximum atomic E-state index is 12.2. The van der Waals surface area contributed by atoms with Gasteiger partial charge in [-0.3, -0.25) is 9.69 Å². The summed E-state index contributed by atoms with van der Waals surface area (Å²) in [6.45, 7) is 6.70. The topological polar surface area (TPSA) is 52.8 Å². The summed E-state index contributed by atoms with van der Waals surface area (Å²) in [5.74, 6) is 0.293. The maximum Gasteiger partial charge on any atom is 0.224 e. The first-order valence-electron chi connectivity index (χ1n) is 7.11. The Morgan fingerprint density at radius 3 is 2.28 bits per heavy atom. The molecule has 2 aliphatic rings. The van der Waals surface area contributed by atoms with Crippen LogP contribution in [0.4, 0.5) is 0 Å². The second kappa shape index (κ2) is 6.50. The minimum Gasteiger partial charge on any atom is -0.343 e. The fourth-order valence-electron chi connectivity index (χ4n) is 2.85. The smallest absolute Gasteiger partial charge is 0.224 e. The Hall–Kier alpha value is -0.650. The highest BCUT2D eigenvalue weighted by molar-refractivity contribution is 5.77. The van der Waals surface area contributed by atoms with Crippen LogP contribution >= 0.6 is 0 Å². The highest BCUT2D eigenvalue weighted by atomic mass is 16.2. The normalized spacial score (nSPS) is 24.4. The molecule has 18 heavy (non-hydrogen) atoms. The van der Waals surface area contributed by atoms with Gasteiger partial charge in [0.2, 0.25) is 5.91 Å². The van der Waals surface area contributed by atoms with Crippen molar-refractivity contribution in [3.05, 3.63) is 0 Å². The lowest BCUT2D eigenvalue weighted by Crippen LogP contribution is -2.52. The molecule has 0 aromatic rings. The van der Waals surface area contributed by atoms with Crippen LogP contribution in [0.3, 0.4) is 0 Å². The first kappa shape index (κ1) is 13.8. The maximum absolute atomic E-state index is 12.2. The molecule has 0 saturated carbocycles. The van der Waals surface area contributed by atoms with Crippen LogP contribution in [0.2, 0.25) is 0 Å². The largest absolute Gasteiger partial charge is 0.343 e. The van der Waals surface area contributed by atoms with Crippen LogP contribution in [-0.4, -0.2) is 79.5 Å². The lowest BCUT2D eigenvalue weighted by atomic mass is 10.1. The zero-order valence-corrected chi connectivity index (χ0v) is 11.5. The van der Waals surface area contributed by atoms with Crippen molar-refractivity contribution in [2.24, 2.45) is 5.73 Å². The van der Waals surface area contributed by atoms with E-state index < -0.39 is 0 Å². The summed E-state index contributed by atoms with van der Waals surface area (Å²) in [6.07, 6.45) is 2.92. The monoisotopic (exact) mass is 254 g/mol. The molecule has 0 aromatic carbocycles. The Labute approximate surface area is 110 Å². The molecule has 1 atom stereocenters. The Bertz CT molecular complexity index is 270. The van der Waals surface area contributed by atoms with Gasteiger partial charge >= 0.3 is 0 Å². The number of nitrogens with zero attached hydrogens (tertiary/aromatic N) is 3. The molecular weight excluding hydrogens is 228 g/mol. The van der Waals surface area contributed by atoms with Crippen molar-refractivity contribution in [1.82, 2.24) is 14.7 Å². The van der Waals surface area contributed by atoms with Crippen molar-refractivity contribution in [3.63, 3.8) is 0 Å². The fraction of sp³-hybridized carbons (Fsp3) is 0.923. The molecule has 1 unspecified atom stereocenters. The predicted octanol–water partition coefficient (Wildman–Crippen LogP) is -0.426. The summed E-state index contributed by atoms with van der Waals surface area (Å²) in [5, 5.41) is 0. The molecule has 0 spiro atoms. The van der Waals surface area contributed by atoms with Crippen LogP contribution in [0.5, 0.6) is 0 Å². The molecule has 2 saturated heterocycles. The molecule has 2 aliphatic heterocycles. The van der Waals surface area contributed by atoms with Gasteiger partial charge in [0.05, 0.1) is 0 Å². The van der Waals surface area contributed by atoms with Gasteiger partial charge in [-0.2, -0.15) is 0 Å². The first-order chi connectivity index (χ1) is 8.70. The molecule has 2 fully saturated rings. The van der Waals surface area contributed by atoms with E-state index in [1.54, 1.807) is 0 Å². The number of nitrogens with two attached hydrogens (primary N) is 1. The zero-order valence-electron chi connectivity index (χ0n) is 11.5.